The van der Waals surface area contributed by atoms with Crippen molar-refractivity contribution in [2.75, 3.05) is 7.11 Å². The minimum Gasteiger partial charge on any atom is -0.469 e. The molecule has 74 valence electrons. The fourth-order valence-electron chi connectivity index (χ4n) is 1.81. The standard InChI is InChI=1S/C10H16O3/c1-3-7(10(12)13-2)8-5-4-6-9(8)11/h4-5,7-9,11H,3,6H2,1-2H3/t7?,8-,9+/m1/s1. The quantitative estimate of drug-likeness (QED) is 0.528. The molecule has 1 rings (SSSR count). The Morgan fingerprint density at radius 2 is 2.46 bits per heavy atom. The van der Waals surface area contributed by atoms with E-state index in [1.807, 2.05) is 19.1 Å². The molecule has 3 heteroatoms. The smallest absolute Gasteiger partial charge is 0.309 e. The lowest BCUT2D eigenvalue weighted by Crippen LogP contribution is -2.29. The van der Waals surface area contributed by atoms with E-state index in [1.54, 1.807) is 0 Å². The zero-order valence-corrected chi connectivity index (χ0v) is 8.06. The molecular weight excluding hydrogens is 168 g/mol. The fraction of sp³-hybridized carbons (Fsp3) is 0.700. The van der Waals surface area contributed by atoms with Gasteiger partial charge in [0.15, 0.2) is 0 Å². The minimum absolute atomic E-state index is 0.0579. The van der Waals surface area contributed by atoms with Crippen LogP contribution in [0.4, 0.5) is 0 Å². The summed E-state index contributed by atoms with van der Waals surface area (Å²) in [4.78, 5) is 11.3. The Bertz CT molecular complexity index is 210. The number of hydrogen-bond acceptors (Lipinski definition) is 3. The molecule has 0 aromatic carbocycles. The Balaban J connectivity index is 2.65. The Kier molecular flexibility index (Phi) is 3.48. The molecule has 3 nitrogen and oxygen atoms in total. The second kappa shape index (κ2) is 4.42. The second-order valence-electron chi connectivity index (χ2n) is 3.35. The van der Waals surface area contributed by atoms with Crippen LogP contribution in [0.3, 0.4) is 0 Å². The highest BCUT2D eigenvalue weighted by Crippen LogP contribution is 2.28. The molecule has 13 heavy (non-hydrogen) atoms. The van der Waals surface area contributed by atoms with Crippen molar-refractivity contribution >= 4 is 5.97 Å². The zero-order valence-electron chi connectivity index (χ0n) is 8.06. The summed E-state index contributed by atoms with van der Waals surface area (Å²) in [5, 5.41) is 9.56. The maximum absolute atomic E-state index is 11.3. The summed E-state index contributed by atoms with van der Waals surface area (Å²) in [5.74, 6) is -0.478. The molecule has 0 aliphatic heterocycles. The van der Waals surface area contributed by atoms with Crippen molar-refractivity contribution < 1.29 is 14.6 Å². The van der Waals surface area contributed by atoms with E-state index < -0.39 is 6.10 Å². The van der Waals surface area contributed by atoms with Crippen LogP contribution in [0.2, 0.25) is 0 Å². The Labute approximate surface area is 78.4 Å². The van der Waals surface area contributed by atoms with Crippen LogP contribution in [-0.2, 0) is 9.53 Å². The predicted molar refractivity (Wildman–Crippen MR) is 49.1 cm³/mol. The van der Waals surface area contributed by atoms with Gasteiger partial charge in [0, 0.05) is 5.92 Å². The van der Waals surface area contributed by atoms with E-state index in [0.717, 1.165) is 0 Å². The molecule has 0 saturated heterocycles. The summed E-state index contributed by atoms with van der Waals surface area (Å²) in [6.07, 6.45) is 4.78. The van der Waals surface area contributed by atoms with E-state index >= 15 is 0 Å². The highest BCUT2D eigenvalue weighted by atomic mass is 16.5. The van der Waals surface area contributed by atoms with Gasteiger partial charge >= 0.3 is 5.97 Å². The van der Waals surface area contributed by atoms with Crippen LogP contribution in [0.1, 0.15) is 19.8 Å². The Morgan fingerprint density at radius 3 is 2.85 bits per heavy atom. The summed E-state index contributed by atoms with van der Waals surface area (Å²) in [6.45, 7) is 1.93. The molecule has 1 N–H and O–H groups in total. The molecular formula is C10H16O3. The monoisotopic (exact) mass is 184 g/mol. The number of hydrogen-bond donors (Lipinski definition) is 1. The molecule has 0 aromatic rings. The van der Waals surface area contributed by atoms with Gasteiger partial charge in [-0.2, -0.15) is 0 Å². The highest BCUT2D eigenvalue weighted by molar-refractivity contribution is 5.73. The third kappa shape index (κ3) is 2.10. The van der Waals surface area contributed by atoms with Crippen molar-refractivity contribution in [2.45, 2.75) is 25.9 Å². The third-order valence-electron chi connectivity index (χ3n) is 2.59. The van der Waals surface area contributed by atoms with Crippen molar-refractivity contribution in [3.8, 4) is 0 Å². The van der Waals surface area contributed by atoms with Crippen LogP contribution in [0.25, 0.3) is 0 Å². The first-order valence-electron chi connectivity index (χ1n) is 4.63. The van der Waals surface area contributed by atoms with Crippen LogP contribution in [0, 0.1) is 11.8 Å². The van der Waals surface area contributed by atoms with Crippen LogP contribution in [0.5, 0.6) is 0 Å². The molecule has 1 aliphatic rings. The molecule has 0 heterocycles. The maximum atomic E-state index is 11.3. The highest BCUT2D eigenvalue weighted by Gasteiger charge is 2.32. The van der Waals surface area contributed by atoms with Gasteiger partial charge in [-0.1, -0.05) is 19.1 Å². The molecule has 3 atom stereocenters. The SMILES string of the molecule is CCC(C(=O)OC)[C@H]1C=CC[C@@H]1O. The Hall–Kier alpha value is -0.830. The summed E-state index contributed by atoms with van der Waals surface area (Å²) in [7, 11) is 1.38. The summed E-state index contributed by atoms with van der Waals surface area (Å²) >= 11 is 0. The molecule has 0 spiro atoms. The van der Waals surface area contributed by atoms with E-state index in [0.29, 0.717) is 12.8 Å². The van der Waals surface area contributed by atoms with Gasteiger partial charge in [-0.25, -0.2) is 0 Å². The summed E-state index contributed by atoms with van der Waals surface area (Å²) in [5.41, 5.74) is 0. The number of methoxy groups -OCH3 is 1. The minimum atomic E-state index is -0.413. The maximum Gasteiger partial charge on any atom is 0.309 e. The third-order valence-corrected chi connectivity index (χ3v) is 2.59. The van der Waals surface area contributed by atoms with Gasteiger partial charge in [0.2, 0.25) is 0 Å². The molecule has 0 fully saturated rings. The first-order valence-corrected chi connectivity index (χ1v) is 4.63. The average molecular weight is 184 g/mol. The molecule has 0 aromatic heterocycles. The van der Waals surface area contributed by atoms with E-state index in [2.05, 4.69) is 4.74 Å². The molecule has 1 unspecified atom stereocenters. The fourth-order valence-corrected chi connectivity index (χ4v) is 1.81. The van der Waals surface area contributed by atoms with E-state index in [9.17, 15) is 9.90 Å². The van der Waals surface area contributed by atoms with Gasteiger partial charge in [-0.05, 0) is 12.8 Å². The van der Waals surface area contributed by atoms with E-state index in [1.165, 1.54) is 7.11 Å². The van der Waals surface area contributed by atoms with E-state index in [-0.39, 0.29) is 17.8 Å². The van der Waals surface area contributed by atoms with Crippen molar-refractivity contribution in [1.82, 2.24) is 0 Å². The number of ether oxygens (including phenoxy) is 1. The predicted octanol–water partition coefficient (Wildman–Crippen LogP) is 1.12. The van der Waals surface area contributed by atoms with E-state index in [4.69, 9.17) is 0 Å². The molecule has 0 radical (unpaired) electrons. The normalized spacial score (nSPS) is 28.8. The van der Waals surface area contributed by atoms with Gasteiger partial charge < -0.3 is 9.84 Å². The summed E-state index contributed by atoms with van der Waals surface area (Å²) < 4.78 is 4.68. The number of carbonyl (C=O) groups is 1. The molecule has 0 saturated carbocycles. The van der Waals surface area contributed by atoms with Gasteiger partial charge in [-0.3, -0.25) is 4.79 Å². The number of carbonyl (C=O) groups excluding carboxylic acids is 1. The first-order chi connectivity index (χ1) is 6.20. The van der Waals surface area contributed by atoms with Crippen molar-refractivity contribution in [3.05, 3.63) is 12.2 Å². The van der Waals surface area contributed by atoms with Crippen molar-refractivity contribution in [3.63, 3.8) is 0 Å². The number of aliphatic hydroxyl groups is 1. The van der Waals surface area contributed by atoms with Crippen LogP contribution in [0.15, 0.2) is 12.2 Å². The van der Waals surface area contributed by atoms with Crippen molar-refractivity contribution in [1.29, 1.82) is 0 Å². The van der Waals surface area contributed by atoms with Gasteiger partial charge in [0.05, 0.1) is 19.1 Å². The van der Waals surface area contributed by atoms with Gasteiger partial charge in [0.1, 0.15) is 0 Å². The lowest BCUT2D eigenvalue weighted by Gasteiger charge is -2.21. The largest absolute Gasteiger partial charge is 0.469 e. The van der Waals surface area contributed by atoms with Gasteiger partial charge in [0.25, 0.3) is 0 Å². The Morgan fingerprint density at radius 1 is 1.77 bits per heavy atom. The summed E-state index contributed by atoms with van der Waals surface area (Å²) in [6, 6.07) is 0. The van der Waals surface area contributed by atoms with Crippen LogP contribution < -0.4 is 0 Å². The second-order valence-corrected chi connectivity index (χ2v) is 3.35. The topological polar surface area (TPSA) is 46.5 Å². The van der Waals surface area contributed by atoms with Crippen LogP contribution in [-0.4, -0.2) is 24.3 Å². The molecule has 1 aliphatic carbocycles. The first kappa shape index (κ1) is 10.3. The zero-order chi connectivity index (χ0) is 9.84. The molecule has 0 bridgehead atoms. The van der Waals surface area contributed by atoms with Crippen LogP contribution >= 0.6 is 0 Å². The lowest BCUT2D eigenvalue weighted by atomic mass is 9.88. The van der Waals surface area contributed by atoms with Gasteiger partial charge in [-0.15, -0.1) is 0 Å². The lowest BCUT2D eigenvalue weighted by molar-refractivity contribution is -0.148. The number of rotatable bonds is 3. The molecule has 0 amide bonds. The number of esters is 1. The van der Waals surface area contributed by atoms with Crippen molar-refractivity contribution in [2.24, 2.45) is 11.8 Å². The average Bonchev–Trinajstić information content (AvgIpc) is 2.53. The number of aliphatic hydroxyl groups excluding tert-OH is 1.